The first-order valence-electron chi connectivity index (χ1n) is 3.87. The first-order chi connectivity index (χ1) is 5.13. The number of carboxylic acids is 1. The summed E-state index contributed by atoms with van der Waals surface area (Å²) in [6, 6.07) is -0.494. The lowest BCUT2D eigenvalue weighted by molar-refractivity contribution is -0.143. The molecule has 0 radical (unpaired) electrons. The third kappa shape index (κ3) is 1.70. The van der Waals surface area contributed by atoms with Gasteiger partial charge in [-0.15, -0.1) is 0 Å². The summed E-state index contributed by atoms with van der Waals surface area (Å²) in [7, 11) is 0. The van der Waals surface area contributed by atoms with Crippen LogP contribution in [0, 0.1) is 5.92 Å². The van der Waals surface area contributed by atoms with Crippen molar-refractivity contribution in [2.24, 2.45) is 17.4 Å². The minimum absolute atomic E-state index is 0.134. The Balaban J connectivity index is 2.58. The van der Waals surface area contributed by atoms with Gasteiger partial charge in [0, 0.05) is 12.1 Å². The maximum Gasteiger partial charge on any atom is 0.308 e. The average Bonchev–Trinajstić information content (AvgIpc) is 1.94. The van der Waals surface area contributed by atoms with Crippen molar-refractivity contribution >= 4 is 5.97 Å². The molecule has 1 aliphatic carbocycles. The van der Waals surface area contributed by atoms with Crippen molar-refractivity contribution in [3.8, 4) is 0 Å². The van der Waals surface area contributed by atoms with Crippen molar-refractivity contribution in [2.75, 3.05) is 0 Å². The van der Waals surface area contributed by atoms with Gasteiger partial charge < -0.3 is 16.6 Å². The lowest BCUT2D eigenvalue weighted by Crippen LogP contribution is -2.51. The number of carbonyl (C=O) groups is 1. The van der Waals surface area contributed by atoms with Crippen LogP contribution in [0.2, 0.25) is 0 Å². The monoisotopic (exact) mass is 158 g/mol. The fraction of sp³-hybridized carbons (Fsp3) is 0.857. The molecule has 0 heterocycles. The summed E-state index contributed by atoms with van der Waals surface area (Å²) in [4.78, 5) is 10.6. The van der Waals surface area contributed by atoms with Gasteiger partial charge in [0.1, 0.15) is 0 Å². The number of hydrogen-bond donors (Lipinski definition) is 3. The summed E-state index contributed by atoms with van der Waals surface area (Å²) in [5.74, 6) is -1.24. The molecule has 0 aromatic rings. The number of aliphatic carboxylic acids is 1. The van der Waals surface area contributed by atoms with E-state index >= 15 is 0 Å². The highest BCUT2D eigenvalue weighted by molar-refractivity contribution is 5.71. The minimum Gasteiger partial charge on any atom is -0.481 e. The standard InChI is InChI=1S/C7H14N2O2/c8-5-3-1-2-4(6(5)9)7(10)11/h4-6H,1-3,8-9H2,(H,10,11). The zero-order valence-electron chi connectivity index (χ0n) is 6.36. The normalized spacial score (nSPS) is 38.5. The first kappa shape index (κ1) is 8.49. The Labute approximate surface area is 65.6 Å². The lowest BCUT2D eigenvalue weighted by Gasteiger charge is -2.30. The van der Waals surface area contributed by atoms with Crippen molar-refractivity contribution in [3.05, 3.63) is 0 Å². The van der Waals surface area contributed by atoms with E-state index in [1.807, 2.05) is 0 Å². The Morgan fingerprint density at radius 1 is 1.36 bits per heavy atom. The fourth-order valence-electron chi connectivity index (χ4n) is 1.54. The molecule has 0 bridgehead atoms. The zero-order chi connectivity index (χ0) is 8.43. The average molecular weight is 158 g/mol. The highest BCUT2D eigenvalue weighted by Gasteiger charge is 2.32. The second kappa shape index (κ2) is 3.19. The van der Waals surface area contributed by atoms with E-state index in [9.17, 15) is 4.79 Å². The maximum atomic E-state index is 10.6. The zero-order valence-corrected chi connectivity index (χ0v) is 6.36. The van der Waals surface area contributed by atoms with Gasteiger partial charge in [-0.05, 0) is 12.8 Å². The molecule has 3 unspecified atom stereocenters. The van der Waals surface area contributed by atoms with Crippen LogP contribution in [0.3, 0.4) is 0 Å². The second-order valence-electron chi connectivity index (χ2n) is 3.12. The van der Waals surface area contributed by atoms with Crippen LogP contribution in [0.5, 0.6) is 0 Å². The number of carboxylic acid groups (broad SMARTS) is 1. The highest BCUT2D eigenvalue weighted by Crippen LogP contribution is 2.22. The summed E-state index contributed by atoms with van der Waals surface area (Å²) in [5.41, 5.74) is 11.2. The molecule has 4 nitrogen and oxygen atoms in total. The fourth-order valence-corrected chi connectivity index (χ4v) is 1.54. The third-order valence-corrected chi connectivity index (χ3v) is 2.33. The molecule has 64 valence electrons. The molecule has 1 saturated carbocycles. The molecule has 0 amide bonds. The van der Waals surface area contributed by atoms with Gasteiger partial charge in [-0.25, -0.2) is 0 Å². The van der Waals surface area contributed by atoms with Crippen molar-refractivity contribution in [2.45, 2.75) is 31.3 Å². The van der Waals surface area contributed by atoms with Crippen molar-refractivity contribution in [1.29, 1.82) is 0 Å². The van der Waals surface area contributed by atoms with Gasteiger partial charge in [0.2, 0.25) is 0 Å². The van der Waals surface area contributed by atoms with E-state index in [0.717, 1.165) is 12.8 Å². The molecule has 1 fully saturated rings. The van der Waals surface area contributed by atoms with E-state index < -0.39 is 11.9 Å². The van der Waals surface area contributed by atoms with Gasteiger partial charge in [0.05, 0.1) is 5.92 Å². The third-order valence-electron chi connectivity index (χ3n) is 2.33. The van der Waals surface area contributed by atoms with Gasteiger partial charge in [0.25, 0.3) is 0 Å². The molecule has 0 aliphatic heterocycles. The molecule has 11 heavy (non-hydrogen) atoms. The van der Waals surface area contributed by atoms with E-state index in [4.69, 9.17) is 16.6 Å². The Hall–Kier alpha value is -0.610. The van der Waals surface area contributed by atoms with Crippen LogP contribution in [0.1, 0.15) is 19.3 Å². The number of nitrogens with two attached hydrogens (primary N) is 2. The van der Waals surface area contributed by atoms with Gasteiger partial charge in [-0.1, -0.05) is 6.42 Å². The lowest BCUT2D eigenvalue weighted by atomic mass is 9.82. The van der Waals surface area contributed by atoms with E-state index in [-0.39, 0.29) is 12.1 Å². The van der Waals surface area contributed by atoms with Gasteiger partial charge in [-0.2, -0.15) is 0 Å². The number of rotatable bonds is 1. The topological polar surface area (TPSA) is 89.3 Å². The molecule has 3 atom stereocenters. The van der Waals surface area contributed by atoms with Crippen LogP contribution < -0.4 is 11.5 Å². The molecule has 0 aromatic heterocycles. The summed E-state index contributed by atoms with van der Waals surface area (Å²) >= 11 is 0. The van der Waals surface area contributed by atoms with Crippen LogP contribution in [0.15, 0.2) is 0 Å². The van der Waals surface area contributed by atoms with E-state index in [1.54, 1.807) is 0 Å². The van der Waals surface area contributed by atoms with Crippen LogP contribution in [-0.2, 0) is 4.79 Å². The Morgan fingerprint density at radius 3 is 2.45 bits per heavy atom. The van der Waals surface area contributed by atoms with Crippen LogP contribution in [0.25, 0.3) is 0 Å². The Bertz CT molecular complexity index is 161. The van der Waals surface area contributed by atoms with Crippen molar-refractivity contribution in [3.63, 3.8) is 0 Å². The Kier molecular flexibility index (Phi) is 2.46. The molecule has 1 rings (SSSR count). The van der Waals surface area contributed by atoms with Crippen molar-refractivity contribution in [1.82, 2.24) is 0 Å². The SMILES string of the molecule is NC1CCCC(C(=O)O)C1N. The van der Waals surface area contributed by atoms with Crippen LogP contribution in [0.4, 0.5) is 0 Å². The maximum absolute atomic E-state index is 10.6. The first-order valence-corrected chi connectivity index (χ1v) is 3.87. The summed E-state index contributed by atoms with van der Waals surface area (Å²) < 4.78 is 0. The summed E-state index contributed by atoms with van der Waals surface area (Å²) in [6.07, 6.45) is 2.40. The molecule has 1 aliphatic rings. The molecule has 4 heteroatoms. The number of hydrogen-bond acceptors (Lipinski definition) is 3. The van der Waals surface area contributed by atoms with E-state index in [2.05, 4.69) is 0 Å². The Morgan fingerprint density at radius 2 is 2.00 bits per heavy atom. The smallest absolute Gasteiger partial charge is 0.308 e. The summed E-state index contributed by atoms with van der Waals surface area (Å²) in [5, 5.41) is 8.69. The van der Waals surface area contributed by atoms with Crippen LogP contribution >= 0.6 is 0 Å². The quantitative estimate of drug-likeness (QED) is 0.481. The molecular weight excluding hydrogens is 144 g/mol. The van der Waals surface area contributed by atoms with Gasteiger partial charge >= 0.3 is 5.97 Å². The predicted molar refractivity (Wildman–Crippen MR) is 40.9 cm³/mol. The molecule has 5 N–H and O–H groups in total. The van der Waals surface area contributed by atoms with Gasteiger partial charge in [0.15, 0.2) is 0 Å². The minimum atomic E-state index is -0.812. The van der Waals surface area contributed by atoms with E-state index in [1.165, 1.54) is 0 Å². The summed E-state index contributed by atoms with van der Waals surface area (Å²) in [6.45, 7) is 0. The van der Waals surface area contributed by atoms with Gasteiger partial charge in [-0.3, -0.25) is 4.79 Å². The van der Waals surface area contributed by atoms with Crippen LogP contribution in [-0.4, -0.2) is 23.2 Å². The molecule has 0 saturated heterocycles. The molecular formula is C7H14N2O2. The molecule has 0 aromatic carbocycles. The largest absolute Gasteiger partial charge is 0.481 e. The van der Waals surface area contributed by atoms with Crippen molar-refractivity contribution < 1.29 is 9.90 Å². The predicted octanol–water partition coefficient (Wildman–Crippen LogP) is -0.474. The van der Waals surface area contributed by atoms with E-state index in [0.29, 0.717) is 6.42 Å². The second-order valence-corrected chi connectivity index (χ2v) is 3.12. The molecule has 0 spiro atoms. The highest BCUT2D eigenvalue weighted by atomic mass is 16.4.